The lowest BCUT2D eigenvalue weighted by Gasteiger charge is -2.10. The molecule has 100 valence electrons. The fraction of sp³-hybridized carbons (Fsp3) is 0.231. The molecular weight excluding hydrogens is 246 g/mol. The van der Waals surface area contributed by atoms with Crippen molar-refractivity contribution in [1.29, 1.82) is 0 Å². The Morgan fingerprint density at radius 2 is 2.05 bits per heavy atom. The zero-order valence-corrected chi connectivity index (χ0v) is 10.9. The summed E-state index contributed by atoms with van der Waals surface area (Å²) in [6.45, 7) is 3.77. The van der Waals surface area contributed by atoms with E-state index in [1.807, 2.05) is 26.0 Å². The largest absolute Gasteiger partial charge is 0.496 e. The van der Waals surface area contributed by atoms with Crippen molar-refractivity contribution >= 4 is 11.8 Å². The van der Waals surface area contributed by atoms with Crippen LogP contribution in [0, 0.1) is 13.8 Å². The van der Waals surface area contributed by atoms with Crippen LogP contribution in [0.3, 0.4) is 0 Å². The van der Waals surface area contributed by atoms with Crippen molar-refractivity contribution in [3.63, 3.8) is 0 Å². The standard InChI is InChI=1S/C13H15N3O3/c1-6-5-9(19-3)7(2)4-8(6)11-10(13(17)18)12(14)16-15-11/h4-5H,1-3H3,(H,17,18)(H3,14,15,16). The van der Waals surface area contributed by atoms with Crippen molar-refractivity contribution in [2.45, 2.75) is 13.8 Å². The van der Waals surface area contributed by atoms with E-state index in [-0.39, 0.29) is 11.4 Å². The average Bonchev–Trinajstić information content (AvgIpc) is 2.73. The number of nitrogens with one attached hydrogen (secondary N) is 1. The summed E-state index contributed by atoms with van der Waals surface area (Å²) < 4.78 is 5.23. The van der Waals surface area contributed by atoms with Gasteiger partial charge in [-0.2, -0.15) is 5.10 Å². The molecule has 6 heteroatoms. The van der Waals surface area contributed by atoms with Crippen LogP contribution in [0.25, 0.3) is 11.3 Å². The Hall–Kier alpha value is -2.50. The number of methoxy groups -OCH3 is 1. The lowest BCUT2D eigenvalue weighted by Crippen LogP contribution is -2.02. The Morgan fingerprint density at radius 3 is 2.63 bits per heavy atom. The first kappa shape index (κ1) is 12.9. The fourth-order valence-electron chi connectivity index (χ4n) is 2.05. The van der Waals surface area contributed by atoms with E-state index in [0.29, 0.717) is 5.69 Å². The molecule has 0 aliphatic rings. The molecule has 0 saturated heterocycles. The minimum Gasteiger partial charge on any atom is -0.496 e. The number of carbonyl (C=O) groups is 1. The molecule has 0 aliphatic carbocycles. The molecule has 0 atom stereocenters. The number of carboxylic acids is 1. The molecule has 0 bridgehead atoms. The van der Waals surface area contributed by atoms with Crippen molar-refractivity contribution in [2.24, 2.45) is 0 Å². The van der Waals surface area contributed by atoms with E-state index in [1.54, 1.807) is 7.11 Å². The van der Waals surface area contributed by atoms with Gasteiger partial charge in [0.2, 0.25) is 0 Å². The molecule has 0 saturated carbocycles. The number of nitrogens with two attached hydrogens (primary N) is 1. The molecule has 1 heterocycles. The molecule has 0 spiro atoms. The van der Waals surface area contributed by atoms with Crippen LogP contribution in [-0.2, 0) is 0 Å². The zero-order valence-electron chi connectivity index (χ0n) is 10.9. The zero-order chi connectivity index (χ0) is 14.2. The van der Waals surface area contributed by atoms with E-state index in [9.17, 15) is 9.90 Å². The van der Waals surface area contributed by atoms with E-state index in [0.717, 1.165) is 22.4 Å². The van der Waals surface area contributed by atoms with E-state index < -0.39 is 5.97 Å². The van der Waals surface area contributed by atoms with Crippen molar-refractivity contribution < 1.29 is 14.6 Å². The molecule has 1 aromatic heterocycles. The summed E-state index contributed by atoms with van der Waals surface area (Å²) in [6.07, 6.45) is 0. The Balaban J connectivity index is 2.66. The van der Waals surface area contributed by atoms with Gasteiger partial charge in [0.1, 0.15) is 11.3 Å². The number of aromatic carboxylic acids is 1. The van der Waals surface area contributed by atoms with Gasteiger partial charge >= 0.3 is 5.97 Å². The van der Waals surface area contributed by atoms with Gasteiger partial charge in [0.05, 0.1) is 12.8 Å². The van der Waals surface area contributed by atoms with Gasteiger partial charge in [-0.3, -0.25) is 5.10 Å². The van der Waals surface area contributed by atoms with Crippen molar-refractivity contribution in [1.82, 2.24) is 10.2 Å². The first-order valence-electron chi connectivity index (χ1n) is 5.68. The number of rotatable bonds is 3. The number of nitrogens with zero attached hydrogens (tertiary/aromatic N) is 1. The molecule has 0 aliphatic heterocycles. The molecule has 1 aromatic carbocycles. The highest BCUT2D eigenvalue weighted by Gasteiger charge is 2.21. The molecule has 6 nitrogen and oxygen atoms in total. The highest BCUT2D eigenvalue weighted by molar-refractivity contribution is 5.99. The third-order valence-corrected chi connectivity index (χ3v) is 3.02. The first-order valence-corrected chi connectivity index (χ1v) is 5.68. The van der Waals surface area contributed by atoms with Gasteiger partial charge < -0.3 is 15.6 Å². The lowest BCUT2D eigenvalue weighted by molar-refractivity contribution is 0.0699. The Labute approximate surface area is 110 Å². The van der Waals surface area contributed by atoms with Crippen LogP contribution in [0.2, 0.25) is 0 Å². The van der Waals surface area contributed by atoms with Crippen LogP contribution in [0.15, 0.2) is 12.1 Å². The smallest absolute Gasteiger partial charge is 0.341 e. The van der Waals surface area contributed by atoms with Crippen molar-refractivity contribution in [3.8, 4) is 17.0 Å². The number of hydrogen-bond acceptors (Lipinski definition) is 4. The first-order chi connectivity index (χ1) is 8.95. The summed E-state index contributed by atoms with van der Waals surface area (Å²) >= 11 is 0. The molecule has 19 heavy (non-hydrogen) atoms. The van der Waals surface area contributed by atoms with E-state index >= 15 is 0 Å². The summed E-state index contributed by atoms with van der Waals surface area (Å²) in [5.74, 6) is -0.366. The molecule has 4 N–H and O–H groups in total. The number of aromatic amines is 1. The van der Waals surface area contributed by atoms with Crippen LogP contribution in [0.1, 0.15) is 21.5 Å². The Kier molecular flexibility index (Phi) is 3.16. The highest BCUT2D eigenvalue weighted by atomic mass is 16.5. The summed E-state index contributed by atoms with van der Waals surface area (Å²) in [4.78, 5) is 11.2. The van der Waals surface area contributed by atoms with Crippen LogP contribution in [0.5, 0.6) is 5.75 Å². The number of ether oxygens (including phenoxy) is 1. The van der Waals surface area contributed by atoms with Crippen LogP contribution >= 0.6 is 0 Å². The Bertz CT molecular complexity index is 647. The monoisotopic (exact) mass is 261 g/mol. The second kappa shape index (κ2) is 4.64. The normalized spacial score (nSPS) is 10.5. The van der Waals surface area contributed by atoms with E-state index in [1.165, 1.54) is 0 Å². The number of aromatic nitrogens is 2. The van der Waals surface area contributed by atoms with Gasteiger partial charge in [-0.15, -0.1) is 0 Å². The minimum atomic E-state index is -1.10. The van der Waals surface area contributed by atoms with E-state index in [4.69, 9.17) is 10.5 Å². The number of carboxylic acid groups (broad SMARTS) is 1. The van der Waals surface area contributed by atoms with Crippen LogP contribution < -0.4 is 10.5 Å². The van der Waals surface area contributed by atoms with Gasteiger partial charge in [-0.1, -0.05) is 0 Å². The van der Waals surface area contributed by atoms with E-state index in [2.05, 4.69) is 10.2 Å². The summed E-state index contributed by atoms with van der Waals surface area (Å²) in [5, 5.41) is 15.6. The van der Waals surface area contributed by atoms with Gasteiger partial charge in [0.15, 0.2) is 5.82 Å². The van der Waals surface area contributed by atoms with Gasteiger partial charge in [-0.05, 0) is 37.1 Å². The van der Waals surface area contributed by atoms with Gasteiger partial charge in [-0.25, -0.2) is 4.79 Å². The maximum Gasteiger partial charge on any atom is 0.341 e. The quantitative estimate of drug-likeness (QED) is 0.784. The van der Waals surface area contributed by atoms with Crippen LogP contribution in [-0.4, -0.2) is 28.4 Å². The number of nitrogen functional groups attached to an aromatic ring is 1. The maximum atomic E-state index is 11.2. The number of benzene rings is 1. The minimum absolute atomic E-state index is 0.00679. The fourth-order valence-corrected chi connectivity index (χ4v) is 2.05. The predicted molar refractivity (Wildman–Crippen MR) is 71.4 cm³/mol. The van der Waals surface area contributed by atoms with Crippen molar-refractivity contribution in [2.75, 3.05) is 12.8 Å². The Morgan fingerprint density at radius 1 is 1.37 bits per heavy atom. The molecule has 0 unspecified atom stereocenters. The number of H-pyrrole nitrogens is 1. The predicted octanol–water partition coefficient (Wildman–Crippen LogP) is 1.98. The van der Waals surface area contributed by atoms with Gasteiger partial charge in [0, 0.05) is 5.56 Å². The second-order valence-electron chi connectivity index (χ2n) is 4.30. The molecular formula is C13H15N3O3. The van der Waals surface area contributed by atoms with Crippen molar-refractivity contribution in [3.05, 3.63) is 28.8 Å². The molecule has 2 rings (SSSR count). The summed E-state index contributed by atoms with van der Waals surface area (Å²) in [5.41, 5.74) is 8.52. The summed E-state index contributed by atoms with van der Waals surface area (Å²) in [6, 6.07) is 3.71. The molecule has 2 aromatic rings. The molecule has 0 amide bonds. The number of aryl methyl sites for hydroxylation is 2. The highest BCUT2D eigenvalue weighted by Crippen LogP contribution is 2.32. The number of hydrogen-bond donors (Lipinski definition) is 3. The second-order valence-corrected chi connectivity index (χ2v) is 4.30. The SMILES string of the molecule is COc1cc(C)c(-c2[nH]nc(N)c2C(=O)O)cc1C. The van der Waals surface area contributed by atoms with Gasteiger partial charge in [0.25, 0.3) is 0 Å². The maximum absolute atomic E-state index is 11.2. The summed E-state index contributed by atoms with van der Waals surface area (Å²) in [7, 11) is 1.60. The third kappa shape index (κ3) is 2.12. The topological polar surface area (TPSA) is 101 Å². The third-order valence-electron chi connectivity index (χ3n) is 3.02. The molecule has 0 fully saturated rings. The lowest BCUT2D eigenvalue weighted by atomic mass is 9.99. The molecule has 0 radical (unpaired) electrons. The number of anilines is 1. The van der Waals surface area contributed by atoms with Crippen LogP contribution in [0.4, 0.5) is 5.82 Å². The average molecular weight is 261 g/mol.